The summed E-state index contributed by atoms with van der Waals surface area (Å²) in [6.07, 6.45) is 2.69. The van der Waals surface area contributed by atoms with Gasteiger partial charge in [0, 0.05) is 56.8 Å². The van der Waals surface area contributed by atoms with E-state index in [0.717, 1.165) is 70.3 Å². The Kier molecular flexibility index (Phi) is 9.40. The van der Waals surface area contributed by atoms with E-state index in [1.807, 2.05) is 35.2 Å². The number of ether oxygens (including phenoxy) is 1. The first-order valence-corrected chi connectivity index (χ1v) is 13.1. The molecule has 0 aromatic heterocycles. The minimum Gasteiger partial charge on any atom is -0.379 e. The highest BCUT2D eigenvalue weighted by Gasteiger charge is 2.34. The van der Waals surface area contributed by atoms with Gasteiger partial charge >= 0.3 is 0 Å². The first-order valence-electron chi connectivity index (χ1n) is 12.7. The molecule has 0 radical (unpaired) electrons. The molecule has 2 aromatic rings. The molecule has 0 saturated carbocycles. The second-order valence-corrected chi connectivity index (χ2v) is 9.99. The number of piperidine rings is 1. The fourth-order valence-electron chi connectivity index (χ4n) is 5.41. The summed E-state index contributed by atoms with van der Waals surface area (Å²) >= 11 is 6.08. The number of nitrogens with zero attached hydrogens (tertiary/aromatic N) is 3. The van der Waals surface area contributed by atoms with E-state index < -0.39 is 0 Å². The van der Waals surface area contributed by atoms with Crippen LogP contribution < -0.4 is 0 Å². The average Bonchev–Trinajstić information content (AvgIpc) is 2.88. The Morgan fingerprint density at radius 3 is 2.47 bits per heavy atom. The summed E-state index contributed by atoms with van der Waals surface area (Å²) in [5.74, 6) is 0.750. The molecule has 0 unspecified atom stereocenters. The summed E-state index contributed by atoms with van der Waals surface area (Å²) in [7, 11) is 0. The van der Waals surface area contributed by atoms with Crippen molar-refractivity contribution in [1.82, 2.24) is 14.7 Å². The second-order valence-electron chi connectivity index (χ2n) is 9.56. The first kappa shape index (κ1) is 25.2. The van der Waals surface area contributed by atoms with E-state index in [0.29, 0.717) is 24.9 Å². The van der Waals surface area contributed by atoms with Crippen LogP contribution >= 0.6 is 11.6 Å². The molecule has 5 nitrogen and oxygen atoms in total. The van der Waals surface area contributed by atoms with Crippen molar-refractivity contribution in [3.63, 3.8) is 0 Å². The Labute approximate surface area is 209 Å². The van der Waals surface area contributed by atoms with Gasteiger partial charge in [-0.25, -0.2) is 0 Å². The molecule has 184 valence electrons. The van der Waals surface area contributed by atoms with Gasteiger partial charge in [-0.2, -0.15) is 0 Å². The van der Waals surface area contributed by atoms with Crippen LogP contribution in [0.4, 0.5) is 0 Å². The van der Waals surface area contributed by atoms with E-state index in [-0.39, 0.29) is 5.91 Å². The zero-order valence-electron chi connectivity index (χ0n) is 20.4. The van der Waals surface area contributed by atoms with Gasteiger partial charge in [0.05, 0.1) is 13.2 Å². The number of morpholine rings is 1. The topological polar surface area (TPSA) is 36.0 Å². The van der Waals surface area contributed by atoms with Gasteiger partial charge in [0.15, 0.2) is 0 Å². The van der Waals surface area contributed by atoms with Crippen molar-refractivity contribution in [3.8, 4) is 0 Å². The standard InChI is InChI=1S/C28H38ClN3O2/c1-2-31(21-23-6-4-3-5-7-23)28(33)13-10-25-22-30(20-24-8-11-26(29)12-9-24)15-14-27(25)32-16-18-34-19-17-32/h3-9,11-12,25,27H,2,10,13-22H2,1H3/t25-,27+/m0/s1. The number of carbonyl (C=O) groups excluding carboxylic acids is 1. The normalized spacial score (nSPS) is 21.9. The zero-order chi connectivity index (χ0) is 23.8. The van der Waals surface area contributed by atoms with E-state index in [2.05, 4.69) is 41.0 Å². The Morgan fingerprint density at radius 1 is 1.03 bits per heavy atom. The van der Waals surface area contributed by atoms with E-state index >= 15 is 0 Å². The summed E-state index contributed by atoms with van der Waals surface area (Å²) in [5, 5.41) is 0.780. The van der Waals surface area contributed by atoms with Crippen molar-refractivity contribution >= 4 is 17.5 Å². The smallest absolute Gasteiger partial charge is 0.222 e. The molecule has 0 aliphatic carbocycles. The largest absolute Gasteiger partial charge is 0.379 e. The predicted molar refractivity (Wildman–Crippen MR) is 138 cm³/mol. The van der Waals surface area contributed by atoms with Crippen LogP contribution in [0.3, 0.4) is 0 Å². The lowest BCUT2D eigenvalue weighted by atomic mass is 9.86. The lowest BCUT2D eigenvalue weighted by Crippen LogP contribution is -2.54. The molecule has 2 fully saturated rings. The van der Waals surface area contributed by atoms with E-state index in [1.54, 1.807) is 0 Å². The molecule has 2 aromatic carbocycles. The third-order valence-corrected chi connectivity index (χ3v) is 7.54. The molecule has 1 amide bonds. The predicted octanol–water partition coefficient (Wildman–Crippen LogP) is 4.69. The number of hydrogen-bond donors (Lipinski definition) is 0. The lowest BCUT2D eigenvalue weighted by Gasteiger charge is -2.45. The zero-order valence-corrected chi connectivity index (χ0v) is 21.1. The monoisotopic (exact) mass is 483 g/mol. The summed E-state index contributed by atoms with van der Waals surface area (Å²) in [6, 6.07) is 19.0. The maximum Gasteiger partial charge on any atom is 0.222 e. The van der Waals surface area contributed by atoms with Gasteiger partial charge in [0.2, 0.25) is 5.91 Å². The Bertz CT molecular complexity index is 886. The SMILES string of the molecule is CCN(Cc1ccccc1)C(=O)CC[C@H]1CN(Cc2ccc(Cl)cc2)CC[C@H]1N1CCOCC1. The van der Waals surface area contributed by atoms with Crippen LogP contribution in [0.2, 0.25) is 5.02 Å². The van der Waals surface area contributed by atoms with Crippen molar-refractivity contribution in [2.45, 2.75) is 45.3 Å². The molecular formula is C28H38ClN3O2. The van der Waals surface area contributed by atoms with Crippen molar-refractivity contribution in [1.29, 1.82) is 0 Å². The molecule has 0 N–H and O–H groups in total. The molecule has 2 saturated heterocycles. The average molecular weight is 484 g/mol. The first-order chi connectivity index (χ1) is 16.6. The number of carbonyl (C=O) groups is 1. The van der Waals surface area contributed by atoms with Crippen LogP contribution in [0.1, 0.15) is 37.3 Å². The molecular weight excluding hydrogens is 446 g/mol. The minimum atomic E-state index is 0.266. The number of amides is 1. The van der Waals surface area contributed by atoms with E-state index in [4.69, 9.17) is 16.3 Å². The number of likely N-dealkylation sites (tertiary alicyclic amines) is 1. The van der Waals surface area contributed by atoms with Crippen LogP contribution in [-0.2, 0) is 22.6 Å². The van der Waals surface area contributed by atoms with Crippen LogP contribution in [0.25, 0.3) is 0 Å². The van der Waals surface area contributed by atoms with E-state index in [1.165, 1.54) is 11.1 Å². The molecule has 2 aliphatic rings. The quantitative estimate of drug-likeness (QED) is 0.518. The fourth-order valence-corrected chi connectivity index (χ4v) is 5.53. The summed E-state index contributed by atoms with van der Waals surface area (Å²) in [6.45, 7) is 10.2. The van der Waals surface area contributed by atoms with Crippen molar-refractivity contribution in [3.05, 3.63) is 70.7 Å². The van der Waals surface area contributed by atoms with Gasteiger partial charge in [-0.15, -0.1) is 0 Å². The van der Waals surface area contributed by atoms with Crippen molar-refractivity contribution in [2.75, 3.05) is 45.9 Å². The number of halogens is 1. The van der Waals surface area contributed by atoms with Crippen LogP contribution in [-0.4, -0.2) is 72.6 Å². The highest BCUT2D eigenvalue weighted by Crippen LogP contribution is 2.28. The van der Waals surface area contributed by atoms with Gasteiger partial charge in [-0.05, 0) is 55.5 Å². The highest BCUT2D eigenvalue weighted by atomic mass is 35.5. The van der Waals surface area contributed by atoms with Crippen molar-refractivity contribution in [2.24, 2.45) is 5.92 Å². The van der Waals surface area contributed by atoms with Gasteiger partial charge in [0.25, 0.3) is 0 Å². The Hall–Kier alpha value is -1.92. The fraction of sp³-hybridized carbons (Fsp3) is 0.536. The molecule has 2 aliphatic heterocycles. The third-order valence-electron chi connectivity index (χ3n) is 7.29. The van der Waals surface area contributed by atoms with Crippen LogP contribution in [0, 0.1) is 5.92 Å². The van der Waals surface area contributed by atoms with Gasteiger partial charge in [0.1, 0.15) is 0 Å². The van der Waals surface area contributed by atoms with E-state index in [9.17, 15) is 4.79 Å². The molecule has 6 heteroatoms. The lowest BCUT2D eigenvalue weighted by molar-refractivity contribution is -0.132. The summed E-state index contributed by atoms with van der Waals surface area (Å²) in [4.78, 5) is 20.3. The number of benzene rings is 2. The molecule has 34 heavy (non-hydrogen) atoms. The molecule has 2 heterocycles. The summed E-state index contributed by atoms with van der Waals surface area (Å²) < 4.78 is 5.61. The third kappa shape index (κ3) is 7.05. The van der Waals surface area contributed by atoms with Gasteiger partial charge in [-0.3, -0.25) is 14.6 Å². The number of hydrogen-bond acceptors (Lipinski definition) is 4. The Morgan fingerprint density at radius 2 is 1.76 bits per heavy atom. The molecule has 4 rings (SSSR count). The van der Waals surface area contributed by atoms with Crippen molar-refractivity contribution < 1.29 is 9.53 Å². The highest BCUT2D eigenvalue weighted by molar-refractivity contribution is 6.30. The van der Waals surface area contributed by atoms with Gasteiger partial charge in [-0.1, -0.05) is 54.1 Å². The molecule has 0 spiro atoms. The summed E-state index contributed by atoms with van der Waals surface area (Å²) in [5.41, 5.74) is 2.49. The van der Waals surface area contributed by atoms with Crippen LogP contribution in [0.5, 0.6) is 0 Å². The molecule has 0 bridgehead atoms. The van der Waals surface area contributed by atoms with Gasteiger partial charge < -0.3 is 9.64 Å². The second kappa shape index (κ2) is 12.7. The maximum absolute atomic E-state index is 13.2. The maximum atomic E-state index is 13.2. The van der Waals surface area contributed by atoms with Crippen LogP contribution in [0.15, 0.2) is 54.6 Å². The minimum absolute atomic E-state index is 0.266. The number of rotatable bonds is 9. The Balaban J connectivity index is 1.38. The molecule has 2 atom stereocenters.